The Morgan fingerprint density at radius 1 is 1.00 bits per heavy atom. The second-order valence-electron chi connectivity index (χ2n) is 12.0. The number of aliphatic hydroxyl groups is 1. The van der Waals surface area contributed by atoms with Gasteiger partial charge >= 0.3 is 0 Å². The van der Waals surface area contributed by atoms with Crippen LogP contribution in [0.15, 0.2) is 30.3 Å². The summed E-state index contributed by atoms with van der Waals surface area (Å²) in [7, 11) is 3.32. The van der Waals surface area contributed by atoms with E-state index in [2.05, 4.69) is 28.5 Å². The number of aromatic hydroxyl groups is 1. The average Bonchev–Trinajstić information content (AvgIpc) is 3.69. The van der Waals surface area contributed by atoms with Crippen LogP contribution in [0, 0.1) is 18.8 Å². The molecule has 204 valence electrons. The summed E-state index contributed by atoms with van der Waals surface area (Å²) in [6.07, 6.45) is 8.02. The Labute approximate surface area is 226 Å². The number of hydrogen-bond donors (Lipinski definition) is 2. The summed E-state index contributed by atoms with van der Waals surface area (Å²) in [4.78, 5) is 2.59. The van der Waals surface area contributed by atoms with Crippen LogP contribution < -0.4 is 9.47 Å². The number of fused-ring (bicyclic) bond motifs is 4. The molecule has 0 radical (unpaired) electrons. The largest absolute Gasteiger partial charge is 0.504 e. The Balaban J connectivity index is 0.000000225. The van der Waals surface area contributed by atoms with Crippen LogP contribution in [0.25, 0.3) is 10.9 Å². The lowest BCUT2D eigenvalue weighted by atomic mass is 9.66. The van der Waals surface area contributed by atoms with E-state index in [0.717, 1.165) is 56.0 Å². The van der Waals surface area contributed by atoms with Gasteiger partial charge in [0, 0.05) is 42.2 Å². The van der Waals surface area contributed by atoms with Crippen LogP contribution in [0.5, 0.6) is 17.2 Å². The zero-order chi connectivity index (χ0) is 26.6. The van der Waals surface area contributed by atoms with Crippen molar-refractivity contribution < 1.29 is 19.7 Å². The maximum absolute atomic E-state index is 12.0. The molecule has 3 aromatic rings. The molecule has 6 heteroatoms. The Morgan fingerprint density at radius 3 is 2.47 bits per heavy atom. The molecule has 2 aliphatic carbocycles. The van der Waals surface area contributed by atoms with Crippen LogP contribution in [0.2, 0.25) is 0 Å². The quantitative estimate of drug-likeness (QED) is 0.494. The smallest absolute Gasteiger partial charge is 0.160 e. The van der Waals surface area contributed by atoms with Gasteiger partial charge in [0.1, 0.15) is 5.75 Å². The first kappa shape index (κ1) is 25.6. The molecule has 7 rings (SSSR count). The van der Waals surface area contributed by atoms with Gasteiger partial charge in [0.2, 0.25) is 0 Å². The number of likely N-dealkylation sites (tertiary alicyclic amines) is 1. The van der Waals surface area contributed by atoms with Crippen LogP contribution in [0.3, 0.4) is 0 Å². The molecule has 2 aliphatic heterocycles. The number of phenols is 1. The predicted molar refractivity (Wildman–Crippen MR) is 150 cm³/mol. The van der Waals surface area contributed by atoms with Gasteiger partial charge in [-0.2, -0.15) is 0 Å². The van der Waals surface area contributed by atoms with Crippen molar-refractivity contribution in [3.8, 4) is 17.2 Å². The van der Waals surface area contributed by atoms with Crippen LogP contribution in [-0.2, 0) is 25.8 Å². The number of benzene rings is 2. The molecule has 1 aromatic heterocycles. The molecule has 38 heavy (non-hydrogen) atoms. The fourth-order valence-corrected chi connectivity index (χ4v) is 7.34. The van der Waals surface area contributed by atoms with Crippen LogP contribution in [-0.4, -0.2) is 58.6 Å². The summed E-state index contributed by atoms with van der Waals surface area (Å²) in [6.45, 7) is 7.65. The third kappa shape index (κ3) is 4.26. The fraction of sp³-hybridized carbons (Fsp3) is 0.562. The van der Waals surface area contributed by atoms with Crippen molar-refractivity contribution in [3.05, 3.63) is 52.7 Å². The molecule has 3 heterocycles. The second-order valence-corrected chi connectivity index (χ2v) is 12.0. The monoisotopic (exact) mass is 518 g/mol. The van der Waals surface area contributed by atoms with Crippen molar-refractivity contribution in [2.75, 3.05) is 27.3 Å². The van der Waals surface area contributed by atoms with E-state index in [9.17, 15) is 5.11 Å². The van der Waals surface area contributed by atoms with Gasteiger partial charge in [-0.3, -0.25) is 4.90 Å². The van der Waals surface area contributed by atoms with Gasteiger partial charge in [-0.05, 0) is 106 Å². The highest BCUT2D eigenvalue weighted by Crippen LogP contribution is 2.48. The summed E-state index contributed by atoms with van der Waals surface area (Å²) >= 11 is 0. The first-order valence-electron chi connectivity index (χ1n) is 14.3. The van der Waals surface area contributed by atoms with E-state index < -0.39 is 5.60 Å². The minimum Gasteiger partial charge on any atom is -0.504 e. The third-order valence-electron chi connectivity index (χ3n) is 9.70. The van der Waals surface area contributed by atoms with E-state index in [1.54, 1.807) is 19.2 Å². The fourth-order valence-electron chi connectivity index (χ4n) is 7.34. The number of phenolic OH excluding ortho intramolecular Hbond substituents is 1. The van der Waals surface area contributed by atoms with Crippen LogP contribution in [0.4, 0.5) is 0 Å². The zero-order valence-electron chi connectivity index (χ0n) is 23.3. The third-order valence-corrected chi connectivity index (χ3v) is 9.70. The molecule has 6 nitrogen and oxygen atoms in total. The highest BCUT2D eigenvalue weighted by Gasteiger charge is 2.51. The van der Waals surface area contributed by atoms with E-state index in [-0.39, 0.29) is 11.8 Å². The number of aryl methyl sites for hydroxylation is 3. The van der Waals surface area contributed by atoms with Crippen molar-refractivity contribution in [1.29, 1.82) is 0 Å². The molecule has 2 unspecified atom stereocenters. The molecule has 0 spiro atoms. The topological polar surface area (TPSA) is 67.1 Å². The van der Waals surface area contributed by atoms with Crippen molar-refractivity contribution in [1.82, 2.24) is 9.47 Å². The SMILES string of the molecule is COc1ccc(C)cc1O.COc1ccc2c3c(n4c2c1CCC4)CC1CCN(CC2CC2)[C@H](C)C1(O)C3. The van der Waals surface area contributed by atoms with Crippen molar-refractivity contribution >= 4 is 10.9 Å². The molecule has 1 saturated heterocycles. The van der Waals surface area contributed by atoms with Crippen molar-refractivity contribution in [2.45, 2.75) is 77.0 Å². The summed E-state index contributed by atoms with van der Waals surface area (Å²) in [6, 6.07) is 9.94. The zero-order valence-corrected chi connectivity index (χ0v) is 23.3. The summed E-state index contributed by atoms with van der Waals surface area (Å²) < 4.78 is 13.1. The Morgan fingerprint density at radius 2 is 1.76 bits per heavy atom. The number of aromatic nitrogens is 1. The molecule has 2 N–H and O–H groups in total. The van der Waals surface area contributed by atoms with Gasteiger partial charge < -0.3 is 24.3 Å². The van der Waals surface area contributed by atoms with E-state index in [1.807, 2.05) is 13.0 Å². The molecule has 0 bridgehead atoms. The first-order chi connectivity index (χ1) is 18.3. The number of rotatable bonds is 4. The lowest BCUT2D eigenvalue weighted by Gasteiger charge is -2.52. The molecule has 2 aromatic carbocycles. The molecule has 3 atom stereocenters. The maximum Gasteiger partial charge on any atom is 0.160 e. The number of piperidine rings is 1. The molecular formula is C32H42N2O4. The molecule has 4 aliphatic rings. The number of ether oxygens (including phenoxy) is 2. The highest BCUT2D eigenvalue weighted by atomic mass is 16.5. The van der Waals surface area contributed by atoms with E-state index in [0.29, 0.717) is 11.7 Å². The van der Waals surface area contributed by atoms with Gasteiger partial charge in [0.15, 0.2) is 11.5 Å². The van der Waals surface area contributed by atoms with E-state index in [1.165, 1.54) is 60.6 Å². The van der Waals surface area contributed by atoms with E-state index >= 15 is 0 Å². The summed E-state index contributed by atoms with van der Waals surface area (Å²) in [5.74, 6) is 3.02. The maximum atomic E-state index is 12.0. The first-order valence-corrected chi connectivity index (χ1v) is 14.3. The van der Waals surface area contributed by atoms with Gasteiger partial charge in [-0.15, -0.1) is 0 Å². The minimum absolute atomic E-state index is 0.197. The van der Waals surface area contributed by atoms with E-state index in [4.69, 9.17) is 14.6 Å². The minimum atomic E-state index is -0.590. The summed E-state index contributed by atoms with van der Waals surface area (Å²) in [5.41, 5.74) is 6.12. The predicted octanol–water partition coefficient (Wildman–Crippen LogP) is 5.26. The lowest BCUT2D eigenvalue weighted by Crippen LogP contribution is -2.63. The Bertz CT molecular complexity index is 1340. The lowest BCUT2D eigenvalue weighted by molar-refractivity contribution is -0.121. The average molecular weight is 519 g/mol. The van der Waals surface area contributed by atoms with Gasteiger partial charge in [0.25, 0.3) is 0 Å². The number of nitrogens with zero attached hydrogens (tertiary/aromatic N) is 2. The molecular weight excluding hydrogens is 476 g/mol. The van der Waals surface area contributed by atoms with Gasteiger partial charge in [-0.1, -0.05) is 6.07 Å². The Kier molecular flexibility index (Phi) is 6.59. The molecule has 2 fully saturated rings. The van der Waals surface area contributed by atoms with Gasteiger partial charge in [-0.25, -0.2) is 0 Å². The highest BCUT2D eigenvalue weighted by molar-refractivity contribution is 5.91. The number of methoxy groups -OCH3 is 2. The van der Waals surface area contributed by atoms with Crippen molar-refractivity contribution in [2.24, 2.45) is 11.8 Å². The molecule has 0 amide bonds. The second kappa shape index (κ2) is 9.80. The molecule has 1 saturated carbocycles. The normalized spacial score (nSPS) is 26.2. The Hall–Kier alpha value is -2.70. The standard InChI is InChI=1S/C24H32N2O2.C8H10O2/c1-15-24(27)13-20-18-7-8-22(28-2)19-4-3-10-26(23(18)19)21(20)12-17(24)9-11-25(15)14-16-5-6-16;1-6-3-4-8(10-2)7(9)5-6/h7-8,15-17,27H,3-6,9-14H2,1-2H3;3-5,9H,1-2H3/t15-,17?,24?;/m1./s1. The van der Waals surface area contributed by atoms with Gasteiger partial charge in [0.05, 0.1) is 25.3 Å². The van der Waals surface area contributed by atoms with Crippen LogP contribution >= 0.6 is 0 Å². The van der Waals surface area contributed by atoms with Crippen molar-refractivity contribution in [3.63, 3.8) is 0 Å². The summed E-state index contributed by atoms with van der Waals surface area (Å²) in [5, 5.41) is 22.5. The number of hydrogen-bond acceptors (Lipinski definition) is 5. The van der Waals surface area contributed by atoms with Crippen LogP contribution in [0.1, 0.15) is 55.0 Å².